The van der Waals surface area contributed by atoms with Gasteiger partial charge in [0, 0.05) is 56.6 Å². The van der Waals surface area contributed by atoms with Crippen molar-refractivity contribution in [1.82, 2.24) is 19.6 Å². The van der Waals surface area contributed by atoms with E-state index in [1.807, 2.05) is 73.5 Å². The molecule has 2 aliphatic heterocycles. The van der Waals surface area contributed by atoms with Crippen molar-refractivity contribution in [2.45, 2.75) is 39.2 Å². The minimum Gasteiger partial charge on any atom is -0.338 e. The maximum atomic E-state index is 13.6. The van der Waals surface area contributed by atoms with Gasteiger partial charge in [0.25, 0.3) is 5.91 Å². The summed E-state index contributed by atoms with van der Waals surface area (Å²) in [5, 5.41) is 7.54. The number of piperidine rings is 1. The topological polar surface area (TPSA) is 87.5 Å². The Morgan fingerprint density at radius 2 is 1.76 bits per heavy atom. The number of nitrogens with zero attached hydrogens (tertiary/aromatic N) is 4. The van der Waals surface area contributed by atoms with Gasteiger partial charge in [0.1, 0.15) is 0 Å². The van der Waals surface area contributed by atoms with E-state index in [2.05, 4.69) is 10.4 Å². The van der Waals surface area contributed by atoms with Gasteiger partial charge in [-0.2, -0.15) is 5.10 Å². The summed E-state index contributed by atoms with van der Waals surface area (Å²) in [6, 6.07) is 17.4. The molecule has 1 aromatic heterocycles. The van der Waals surface area contributed by atoms with Gasteiger partial charge in [-0.1, -0.05) is 48.0 Å². The van der Waals surface area contributed by atoms with Crippen LogP contribution >= 0.6 is 0 Å². The number of rotatable bonds is 5. The summed E-state index contributed by atoms with van der Waals surface area (Å²) in [6.07, 6.45) is 2.50. The lowest BCUT2D eigenvalue weighted by Crippen LogP contribution is -2.44. The first-order valence-electron chi connectivity index (χ1n) is 12.9. The third kappa shape index (κ3) is 5.43. The average molecular weight is 500 g/mol. The van der Waals surface area contributed by atoms with E-state index in [0.717, 1.165) is 40.9 Å². The van der Waals surface area contributed by atoms with Crippen molar-refractivity contribution in [2.24, 2.45) is 13.0 Å². The molecule has 37 heavy (non-hydrogen) atoms. The second kappa shape index (κ2) is 10.6. The first-order valence-corrected chi connectivity index (χ1v) is 12.9. The van der Waals surface area contributed by atoms with Crippen molar-refractivity contribution in [3.8, 4) is 0 Å². The monoisotopic (exact) mass is 499 g/mol. The van der Waals surface area contributed by atoms with Gasteiger partial charge in [0.05, 0.1) is 12.3 Å². The molecule has 0 aliphatic carbocycles. The van der Waals surface area contributed by atoms with Crippen LogP contribution in [0.1, 0.15) is 45.7 Å². The molecule has 1 fully saturated rings. The number of fused-ring (bicyclic) bond motifs is 1. The molecule has 0 radical (unpaired) electrons. The lowest BCUT2D eigenvalue weighted by Gasteiger charge is -2.32. The van der Waals surface area contributed by atoms with Gasteiger partial charge in [-0.25, -0.2) is 0 Å². The normalized spacial score (nSPS) is 17.3. The van der Waals surface area contributed by atoms with Gasteiger partial charge in [-0.15, -0.1) is 0 Å². The molecule has 3 heterocycles. The zero-order chi connectivity index (χ0) is 25.9. The lowest BCUT2D eigenvalue weighted by atomic mass is 9.96. The summed E-state index contributed by atoms with van der Waals surface area (Å²) in [7, 11) is 1.85. The quantitative estimate of drug-likeness (QED) is 0.583. The molecule has 2 aliphatic rings. The molecule has 1 N–H and O–H groups in total. The van der Waals surface area contributed by atoms with Crippen molar-refractivity contribution in [3.05, 3.63) is 82.7 Å². The Balaban J connectivity index is 1.27. The summed E-state index contributed by atoms with van der Waals surface area (Å²) in [6.45, 7) is 3.96. The SMILES string of the molecule is Cc1ccc(CC(=O)N2CCc3c(c(C(=O)N4CCC[C@@H](C(=O)Nc5ccccc5)C4)nn3C)C2)cc1. The third-order valence-electron chi connectivity index (χ3n) is 7.39. The highest BCUT2D eigenvalue weighted by Crippen LogP contribution is 2.26. The fraction of sp³-hybridized carbons (Fsp3) is 0.379. The fourth-order valence-corrected chi connectivity index (χ4v) is 5.26. The minimum absolute atomic E-state index is 0.0485. The van der Waals surface area contributed by atoms with Crippen LogP contribution in [0.15, 0.2) is 54.6 Å². The summed E-state index contributed by atoms with van der Waals surface area (Å²) >= 11 is 0. The number of benzene rings is 2. The van der Waals surface area contributed by atoms with E-state index < -0.39 is 0 Å². The van der Waals surface area contributed by atoms with Crippen LogP contribution in [0.5, 0.6) is 0 Å². The Bertz CT molecular complexity index is 1300. The fourth-order valence-electron chi connectivity index (χ4n) is 5.26. The number of carbonyl (C=O) groups excluding carboxylic acids is 3. The Hall–Kier alpha value is -3.94. The summed E-state index contributed by atoms with van der Waals surface area (Å²) in [5.74, 6) is -0.459. The van der Waals surface area contributed by atoms with E-state index in [1.54, 1.807) is 9.58 Å². The molecule has 192 valence electrons. The number of amides is 3. The molecule has 1 atom stereocenters. The van der Waals surface area contributed by atoms with Gasteiger partial charge < -0.3 is 15.1 Å². The molecule has 0 unspecified atom stereocenters. The first-order chi connectivity index (χ1) is 17.9. The van der Waals surface area contributed by atoms with E-state index in [-0.39, 0.29) is 23.6 Å². The lowest BCUT2D eigenvalue weighted by molar-refractivity contribution is -0.131. The smallest absolute Gasteiger partial charge is 0.274 e. The van der Waals surface area contributed by atoms with Crippen molar-refractivity contribution in [3.63, 3.8) is 0 Å². The number of hydrogen-bond acceptors (Lipinski definition) is 4. The number of carbonyl (C=O) groups is 3. The van der Waals surface area contributed by atoms with Gasteiger partial charge >= 0.3 is 0 Å². The minimum atomic E-state index is -0.273. The summed E-state index contributed by atoms with van der Waals surface area (Å²) in [4.78, 5) is 43.2. The molecule has 5 rings (SSSR count). The standard InChI is InChI=1S/C29H33N5O3/c1-20-10-12-21(13-11-20)17-26(35)33-16-14-25-24(19-33)27(31-32(25)2)29(37)34-15-6-7-22(18-34)28(36)30-23-8-4-3-5-9-23/h3-5,8-13,22H,6-7,14-19H2,1-2H3,(H,30,36)/t22-/m1/s1. The van der Waals surface area contributed by atoms with Gasteiger partial charge in [-0.3, -0.25) is 19.1 Å². The molecule has 3 aromatic rings. The molecule has 2 aromatic carbocycles. The molecule has 0 saturated carbocycles. The van der Waals surface area contributed by atoms with E-state index in [0.29, 0.717) is 44.7 Å². The van der Waals surface area contributed by atoms with Crippen molar-refractivity contribution in [1.29, 1.82) is 0 Å². The highest BCUT2D eigenvalue weighted by Gasteiger charge is 2.34. The number of likely N-dealkylation sites (tertiary alicyclic amines) is 1. The molecule has 3 amide bonds. The Kier molecular flexibility index (Phi) is 7.08. The second-order valence-corrected chi connectivity index (χ2v) is 10.1. The number of nitrogens with one attached hydrogen (secondary N) is 1. The Morgan fingerprint density at radius 1 is 1.00 bits per heavy atom. The highest BCUT2D eigenvalue weighted by atomic mass is 16.2. The Morgan fingerprint density at radius 3 is 2.51 bits per heavy atom. The van der Waals surface area contributed by atoms with E-state index in [9.17, 15) is 14.4 Å². The molecular weight excluding hydrogens is 466 g/mol. The van der Waals surface area contributed by atoms with Crippen molar-refractivity contribution < 1.29 is 14.4 Å². The average Bonchev–Trinajstić information content (AvgIpc) is 3.25. The molecule has 8 heteroatoms. The Labute approximate surface area is 217 Å². The maximum Gasteiger partial charge on any atom is 0.274 e. The van der Waals surface area contributed by atoms with Crippen LogP contribution < -0.4 is 5.32 Å². The van der Waals surface area contributed by atoms with Crippen LogP contribution in [0, 0.1) is 12.8 Å². The predicted octanol–water partition coefficient (Wildman–Crippen LogP) is 3.35. The van der Waals surface area contributed by atoms with Crippen LogP contribution in [0.2, 0.25) is 0 Å². The summed E-state index contributed by atoms with van der Waals surface area (Å²) in [5.41, 5.74) is 5.12. The van der Waals surface area contributed by atoms with Crippen molar-refractivity contribution in [2.75, 3.05) is 25.0 Å². The van der Waals surface area contributed by atoms with Crippen LogP contribution in [0.4, 0.5) is 5.69 Å². The molecule has 0 bridgehead atoms. The zero-order valence-corrected chi connectivity index (χ0v) is 21.4. The third-order valence-corrected chi connectivity index (χ3v) is 7.39. The van der Waals surface area contributed by atoms with Crippen LogP contribution in [-0.2, 0) is 36.0 Å². The number of para-hydroxylation sites is 1. The number of aromatic nitrogens is 2. The number of hydrogen-bond donors (Lipinski definition) is 1. The van der Waals surface area contributed by atoms with Crippen LogP contribution in [0.3, 0.4) is 0 Å². The molecular formula is C29H33N5O3. The molecule has 8 nitrogen and oxygen atoms in total. The molecule has 0 spiro atoms. The predicted molar refractivity (Wildman–Crippen MR) is 141 cm³/mol. The molecule has 1 saturated heterocycles. The van der Waals surface area contributed by atoms with E-state index in [4.69, 9.17) is 0 Å². The van der Waals surface area contributed by atoms with Gasteiger partial charge in [0.15, 0.2) is 5.69 Å². The highest BCUT2D eigenvalue weighted by molar-refractivity contribution is 5.96. The van der Waals surface area contributed by atoms with Gasteiger partial charge in [0.2, 0.25) is 11.8 Å². The maximum absolute atomic E-state index is 13.6. The second-order valence-electron chi connectivity index (χ2n) is 10.1. The van der Waals surface area contributed by atoms with Crippen LogP contribution in [-0.4, -0.2) is 56.9 Å². The van der Waals surface area contributed by atoms with E-state index >= 15 is 0 Å². The first kappa shape index (κ1) is 24.7. The van der Waals surface area contributed by atoms with E-state index in [1.165, 1.54) is 0 Å². The zero-order valence-electron chi connectivity index (χ0n) is 21.4. The number of aryl methyl sites for hydroxylation is 2. The van der Waals surface area contributed by atoms with Gasteiger partial charge in [-0.05, 0) is 37.5 Å². The van der Waals surface area contributed by atoms with Crippen molar-refractivity contribution >= 4 is 23.4 Å². The van der Waals surface area contributed by atoms with Crippen LogP contribution in [0.25, 0.3) is 0 Å². The summed E-state index contributed by atoms with van der Waals surface area (Å²) < 4.78 is 1.77. The number of anilines is 1. The largest absolute Gasteiger partial charge is 0.338 e.